The summed E-state index contributed by atoms with van der Waals surface area (Å²) in [6.45, 7) is 0.888. The van der Waals surface area contributed by atoms with Crippen molar-refractivity contribution in [2.75, 3.05) is 18.5 Å². The van der Waals surface area contributed by atoms with Crippen LogP contribution < -0.4 is 4.90 Å². The summed E-state index contributed by atoms with van der Waals surface area (Å²) < 4.78 is 0. The fourth-order valence-corrected chi connectivity index (χ4v) is 2.36. The molecule has 0 saturated carbocycles. The molecular weight excluding hydrogens is 242 g/mol. The minimum Gasteiger partial charge on any atom is -0.357 e. The summed E-state index contributed by atoms with van der Waals surface area (Å²) in [7, 11) is 1.98. The third-order valence-electron chi connectivity index (χ3n) is 2.27. The van der Waals surface area contributed by atoms with Crippen LogP contribution >= 0.6 is 22.9 Å². The Morgan fingerprint density at radius 3 is 2.88 bits per heavy atom. The molecule has 0 aliphatic rings. The van der Waals surface area contributed by atoms with Crippen LogP contribution in [-0.4, -0.2) is 23.6 Å². The van der Waals surface area contributed by atoms with Crippen molar-refractivity contribution in [3.63, 3.8) is 0 Å². The van der Waals surface area contributed by atoms with Gasteiger partial charge in [0.05, 0.1) is 0 Å². The Balaban J connectivity index is 1.98. The molecule has 3 nitrogen and oxygen atoms in total. The van der Waals surface area contributed by atoms with Crippen LogP contribution in [0, 0.1) is 0 Å². The number of hydrogen-bond acceptors (Lipinski definition) is 4. The van der Waals surface area contributed by atoms with Crippen molar-refractivity contribution in [2.24, 2.45) is 0 Å². The van der Waals surface area contributed by atoms with Gasteiger partial charge in [0, 0.05) is 30.9 Å². The zero-order valence-electron chi connectivity index (χ0n) is 8.93. The predicted molar refractivity (Wildman–Crippen MR) is 68.3 cm³/mol. The lowest BCUT2D eigenvalue weighted by Crippen LogP contribution is -2.21. The average Bonchev–Trinajstić information content (AvgIpc) is 2.79. The topological polar surface area (TPSA) is 29.0 Å². The minimum absolute atomic E-state index is 0.455. The van der Waals surface area contributed by atoms with Gasteiger partial charge >= 0.3 is 0 Å². The van der Waals surface area contributed by atoms with Crippen LogP contribution in [-0.2, 0) is 6.42 Å². The summed E-state index contributed by atoms with van der Waals surface area (Å²) in [4.78, 5) is 11.6. The molecule has 16 heavy (non-hydrogen) atoms. The molecular formula is C11H12ClN3S. The highest BCUT2D eigenvalue weighted by atomic mass is 35.5. The molecule has 2 aromatic rings. The third kappa shape index (κ3) is 2.71. The quantitative estimate of drug-likeness (QED) is 0.839. The lowest BCUT2D eigenvalue weighted by Gasteiger charge is -2.17. The average molecular weight is 254 g/mol. The Labute approximate surface area is 104 Å². The van der Waals surface area contributed by atoms with Gasteiger partial charge in [0.1, 0.15) is 0 Å². The van der Waals surface area contributed by atoms with Crippen molar-refractivity contribution in [3.8, 4) is 0 Å². The zero-order valence-corrected chi connectivity index (χ0v) is 10.5. The van der Waals surface area contributed by atoms with Gasteiger partial charge in [-0.25, -0.2) is 9.97 Å². The second-order valence-corrected chi connectivity index (χ2v) is 4.81. The fraction of sp³-hybridized carbons (Fsp3) is 0.273. The van der Waals surface area contributed by atoms with Gasteiger partial charge in [-0.1, -0.05) is 17.7 Å². The number of likely N-dealkylation sites (N-methyl/N-ethyl adjacent to an activating group) is 1. The van der Waals surface area contributed by atoms with Gasteiger partial charge in [-0.2, -0.15) is 0 Å². The molecule has 0 N–H and O–H groups in total. The number of aromatic nitrogens is 2. The van der Waals surface area contributed by atoms with E-state index < -0.39 is 0 Å². The SMILES string of the molecule is CN(CCc1cccs1)c1nccnc1Cl. The Morgan fingerprint density at radius 2 is 2.19 bits per heavy atom. The molecule has 2 heterocycles. The molecule has 0 atom stereocenters. The van der Waals surface area contributed by atoms with E-state index in [9.17, 15) is 0 Å². The molecule has 2 aromatic heterocycles. The Kier molecular flexibility index (Phi) is 3.74. The number of thiophene rings is 1. The summed E-state index contributed by atoms with van der Waals surface area (Å²) in [5.41, 5.74) is 0. The van der Waals surface area contributed by atoms with Crippen molar-refractivity contribution in [1.29, 1.82) is 0 Å². The van der Waals surface area contributed by atoms with E-state index in [-0.39, 0.29) is 0 Å². The van der Waals surface area contributed by atoms with Gasteiger partial charge in [0.2, 0.25) is 0 Å². The molecule has 0 amide bonds. The number of halogens is 1. The predicted octanol–water partition coefficient (Wildman–Crippen LogP) is 2.87. The van der Waals surface area contributed by atoms with E-state index in [2.05, 4.69) is 27.5 Å². The molecule has 0 aliphatic heterocycles. The zero-order chi connectivity index (χ0) is 11.4. The maximum absolute atomic E-state index is 5.97. The summed E-state index contributed by atoms with van der Waals surface area (Å²) >= 11 is 7.74. The second kappa shape index (κ2) is 5.27. The largest absolute Gasteiger partial charge is 0.357 e. The number of anilines is 1. The first-order chi connectivity index (χ1) is 7.77. The van der Waals surface area contributed by atoms with E-state index in [0.29, 0.717) is 5.15 Å². The third-order valence-corrected chi connectivity index (χ3v) is 3.47. The van der Waals surface area contributed by atoms with Crippen LogP contribution in [0.2, 0.25) is 5.15 Å². The highest BCUT2D eigenvalue weighted by Gasteiger charge is 2.07. The minimum atomic E-state index is 0.455. The Morgan fingerprint density at radius 1 is 1.38 bits per heavy atom. The van der Waals surface area contributed by atoms with E-state index >= 15 is 0 Å². The van der Waals surface area contributed by atoms with Crippen LogP contribution in [0.1, 0.15) is 4.88 Å². The molecule has 0 unspecified atom stereocenters. The van der Waals surface area contributed by atoms with Crippen LogP contribution in [0.4, 0.5) is 5.82 Å². The lowest BCUT2D eigenvalue weighted by atomic mass is 10.3. The molecule has 5 heteroatoms. The van der Waals surface area contributed by atoms with E-state index in [1.807, 2.05) is 11.9 Å². The number of hydrogen-bond donors (Lipinski definition) is 0. The van der Waals surface area contributed by atoms with E-state index in [1.165, 1.54) is 4.88 Å². The Hall–Kier alpha value is -1.13. The van der Waals surface area contributed by atoms with Crippen molar-refractivity contribution in [2.45, 2.75) is 6.42 Å². The summed E-state index contributed by atoms with van der Waals surface area (Å²) in [5.74, 6) is 0.737. The summed E-state index contributed by atoms with van der Waals surface area (Å²) in [5, 5.41) is 2.54. The molecule has 0 aliphatic carbocycles. The van der Waals surface area contributed by atoms with E-state index in [4.69, 9.17) is 11.6 Å². The molecule has 0 saturated heterocycles. The lowest BCUT2D eigenvalue weighted by molar-refractivity contribution is 0.864. The van der Waals surface area contributed by atoms with Gasteiger partial charge in [0.15, 0.2) is 11.0 Å². The van der Waals surface area contributed by atoms with Gasteiger partial charge in [-0.05, 0) is 17.9 Å². The molecule has 84 valence electrons. The second-order valence-electron chi connectivity index (χ2n) is 3.42. The standard InChI is InChI=1S/C11H12ClN3S/c1-15(7-4-9-3-2-8-16-9)11-10(12)13-5-6-14-11/h2-3,5-6,8H,4,7H2,1H3. The molecule has 0 radical (unpaired) electrons. The van der Waals surface area contributed by atoms with Crippen molar-refractivity contribution >= 4 is 28.8 Å². The van der Waals surface area contributed by atoms with Crippen LogP contribution in [0.25, 0.3) is 0 Å². The summed E-state index contributed by atoms with van der Waals surface area (Å²) in [6.07, 6.45) is 4.25. The number of nitrogens with zero attached hydrogens (tertiary/aromatic N) is 3. The monoisotopic (exact) mass is 253 g/mol. The first-order valence-corrected chi connectivity index (χ1v) is 6.23. The maximum atomic E-state index is 5.97. The first-order valence-electron chi connectivity index (χ1n) is 4.97. The smallest absolute Gasteiger partial charge is 0.171 e. The van der Waals surface area contributed by atoms with Crippen molar-refractivity contribution in [3.05, 3.63) is 39.9 Å². The highest BCUT2D eigenvalue weighted by Crippen LogP contribution is 2.19. The normalized spacial score (nSPS) is 10.4. The molecule has 0 bridgehead atoms. The fourth-order valence-electron chi connectivity index (χ4n) is 1.41. The van der Waals surface area contributed by atoms with Gasteiger partial charge in [-0.15, -0.1) is 11.3 Å². The first kappa shape index (κ1) is 11.4. The van der Waals surface area contributed by atoms with Crippen molar-refractivity contribution in [1.82, 2.24) is 9.97 Å². The molecule has 2 rings (SSSR count). The van der Waals surface area contributed by atoms with Crippen LogP contribution in [0.5, 0.6) is 0 Å². The summed E-state index contributed by atoms with van der Waals surface area (Å²) in [6, 6.07) is 4.20. The van der Waals surface area contributed by atoms with Crippen molar-refractivity contribution < 1.29 is 0 Å². The maximum Gasteiger partial charge on any atom is 0.171 e. The van der Waals surface area contributed by atoms with Gasteiger partial charge < -0.3 is 4.90 Å². The van der Waals surface area contributed by atoms with Crippen LogP contribution in [0.15, 0.2) is 29.9 Å². The van der Waals surface area contributed by atoms with Gasteiger partial charge in [0.25, 0.3) is 0 Å². The van der Waals surface area contributed by atoms with E-state index in [0.717, 1.165) is 18.8 Å². The number of rotatable bonds is 4. The van der Waals surface area contributed by atoms with Gasteiger partial charge in [-0.3, -0.25) is 0 Å². The molecule has 0 spiro atoms. The van der Waals surface area contributed by atoms with E-state index in [1.54, 1.807) is 23.7 Å². The van der Waals surface area contributed by atoms with Crippen LogP contribution in [0.3, 0.4) is 0 Å². The molecule has 0 aromatic carbocycles. The Bertz CT molecular complexity index is 444. The molecule has 0 fully saturated rings. The highest BCUT2D eigenvalue weighted by molar-refractivity contribution is 7.09.